The zero-order valence-electron chi connectivity index (χ0n) is 12.2. The number of nitrogens with zero attached hydrogens (tertiary/aromatic N) is 2. The molecule has 0 fully saturated rings. The van der Waals surface area contributed by atoms with Gasteiger partial charge >= 0.3 is 0 Å². The minimum atomic E-state index is 0.516. The van der Waals surface area contributed by atoms with Gasteiger partial charge in [0.05, 0.1) is 27.7 Å². The molecule has 6 heteroatoms. The van der Waals surface area contributed by atoms with Gasteiger partial charge in [-0.3, -0.25) is 0 Å². The molecule has 0 spiro atoms. The molecule has 0 radical (unpaired) electrons. The van der Waals surface area contributed by atoms with Gasteiger partial charge in [-0.2, -0.15) is 0 Å². The van der Waals surface area contributed by atoms with Crippen molar-refractivity contribution in [3.8, 4) is 0 Å². The van der Waals surface area contributed by atoms with Crippen molar-refractivity contribution in [1.29, 1.82) is 0 Å². The Morgan fingerprint density at radius 2 is 1.95 bits per heavy atom. The third kappa shape index (κ3) is 4.26. The largest absolute Gasteiger partial charge is 0.379 e. The predicted molar refractivity (Wildman–Crippen MR) is 89.8 cm³/mol. The number of halogens is 3. The van der Waals surface area contributed by atoms with Gasteiger partial charge in [-0.25, -0.2) is 4.98 Å². The summed E-state index contributed by atoms with van der Waals surface area (Å²) in [6.45, 7) is 6.39. The fraction of sp³-hybridized carbons (Fsp3) is 0.533. The van der Waals surface area contributed by atoms with Crippen LogP contribution in [0.25, 0.3) is 11.0 Å². The van der Waals surface area contributed by atoms with Crippen molar-refractivity contribution >= 4 is 45.8 Å². The highest BCUT2D eigenvalue weighted by molar-refractivity contribution is 6.42. The van der Waals surface area contributed by atoms with E-state index in [0.29, 0.717) is 34.9 Å². The van der Waals surface area contributed by atoms with E-state index in [1.165, 1.54) is 0 Å². The molecule has 2 aromatic rings. The molecule has 0 saturated carbocycles. The second-order valence-electron chi connectivity index (χ2n) is 5.34. The van der Waals surface area contributed by atoms with E-state index in [4.69, 9.17) is 39.5 Å². The number of aryl methyl sites for hydroxylation is 1. The smallest absolute Gasteiger partial charge is 0.111 e. The highest BCUT2D eigenvalue weighted by atomic mass is 35.5. The fourth-order valence-electron chi connectivity index (χ4n) is 2.17. The minimum absolute atomic E-state index is 0.516. The summed E-state index contributed by atoms with van der Waals surface area (Å²) >= 11 is 18.0. The molecular formula is C15H19Cl3N2O. The van der Waals surface area contributed by atoms with Crippen LogP contribution in [0.1, 0.15) is 19.7 Å². The summed E-state index contributed by atoms with van der Waals surface area (Å²) in [5, 5.41) is 1.05. The van der Waals surface area contributed by atoms with Crippen molar-refractivity contribution in [3.05, 3.63) is 28.0 Å². The number of hydrogen-bond donors (Lipinski definition) is 0. The van der Waals surface area contributed by atoms with E-state index in [1.807, 2.05) is 6.07 Å². The van der Waals surface area contributed by atoms with Gasteiger partial charge in [0.15, 0.2) is 0 Å². The third-order valence-corrected chi connectivity index (χ3v) is 4.01. The zero-order valence-corrected chi connectivity index (χ0v) is 14.5. The Kier molecular flexibility index (Phi) is 6.18. The van der Waals surface area contributed by atoms with E-state index in [9.17, 15) is 0 Å². The lowest BCUT2D eigenvalue weighted by Gasteiger charge is -2.11. The van der Waals surface area contributed by atoms with Gasteiger partial charge in [-0.1, -0.05) is 37.0 Å². The van der Waals surface area contributed by atoms with Crippen LogP contribution in [0.2, 0.25) is 10.0 Å². The lowest BCUT2D eigenvalue weighted by molar-refractivity contribution is 0.103. The average molecular weight is 350 g/mol. The van der Waals surface area contributed by atoms with Crippen molar-refractivity contribution in [2.75, 3.05) is 19.1 Å². The standard InChI is InChI=1S/C15H19Cl3N2O/c1-10(2)9-21-6-5-20-14-8-12(18)11(17)7-13(14)19-15(20)3-4-16/h7-8,10H,3-6,9H2,1-2H3. The van der Waals surface area contributed by atoms with Crippen molar-refractivity contribution in [1.82, 2.24) is 9.55 Å². The van der Waals surface area contributed by atoms with E-state index in [2.05, 4.69) is 23.4 Å². The van der Waals surface area contributed by atoms with Crippen molar-refractivity contribution in [2.45, 2.75) is 26.8 Å². The molecule has 0 aliphatic heterocycles. The van der Waals surface area contributed by atoms with E-state index in [-0.39, 0.29) is 0 Å². The van der Waals surface area contributed by atoms with Crippen LogP contribution in [-0.2, 0) is 17.7 Å². The molecule has 0 bridgehead atoms. The zero-order chi connectivity index (χ0) is 15.4. The van der Waals surface area contributed by atoms with Gasteiger partial charge in [-0.05, 0) is 18.1 Å². The molecule has 1 heterocycles. The number of imidazole rings is 1. The van der Waals surface area contributed by atoms with Crippen molar-refractivity contribution < 1.29 is 4.74 Å². The lowest BCUT2D eigenvalue weighted by Crippen LogP contribution is -2.12. The second kappa shape index (κ2) is 7.68. The van der Waals surface area contributed by atoms with Gasteiger partial charge < -0.3 is 9.30 Å². The predicted octanol–water partition coefficient (Wildman–Crippen LogP) is 4.80. The molecule has 2 rings (SSSR count). The van der Waals surface area contributed by atoms with Gasteiger partial charge in [0.1, 0.15) is 5.82 Å². The lowest BCUT2D eigenvalue weighted by atomic mass is 10.2. The Morgan fingerprint density at radius 3 is 2.62 bits per heavy atom. The number of hydrogen-bond acceptors (Lipinski definition) is 2. The second-order valence-corrected chi connectivity index (χ2v) is 6.53. The number of aromatic nitrogens is 2. The normalized spacial score (nSPS) is 11.7. The van der Waals surface area contributed by atoms with Crippen molar-refractivity contribution in [3.63, 3.8) is 0 Å². The van der Waals surface area contributed by atoms with Gasteiger partial charge in [0.25, 0.3) is 0 Å². The summed E-state index contributed by atoms with van der Waals surface area (Å²) in [5.41, 5.74) is 1.81. The number of alkyl halides is 1. The summed E-state index contributed by atoms with van der Waals surface area (Å²) in [6.07, 6.45) is 0.704. The Labute approximate surface area is 140 Å². The number of benzene rings is 1. The molecule has 0 aliphatic rings. The van der Waals surface area contributed by atoms with Crippen molar-refractivity contribution in [2.24, 2.45) is 5.92 Å². The van der Waals surface area contributed by atoms with Crippen LogP contribution in [0.3, 0.4) is 0 Å². The Balaban J connectivity index is 2.25. The molecule has 0 unspecified atom stereocenters. The molecule has 116 valence electrons. The molecule has 0 atom stereocenters. The quantitative estimate of drug-likeness (QED) is 0.530. The molecule has 3 nitrogen and oxygen atoms in total. The number of ether oxygens (including phenoxy) is 1. The average Bonchev–Trinajstić information content (AvgIpc) is 2.73. The minimum Gasteiger partial charge on any atom is -0.379 e. The monoisotopic (exact) mass is 348 g/mol. The number of fused-ring (bicyclic) bond motifs is 1. The van der Waals surface area contributed by atoms with Crippen LogP contribution in [-0.4, -0.2) is 28.6 Å². The molecule has 0 saturated heterocycles. The van der Waals surface area contributed by atoms with Crippen LogP contribution >= 0.6 is 34.8 Å². The Morgan fingerprint density at radius 1 is 1.24 bits per heavy atom. The van der Waals surface area contributed by atoms with Crippen LogP contribution in [0, 0.1) is 5.92 Å². The maximum Gasteiger partial charge on any atom is 0.111 e. The molecule has 1 aromatic carbocycles. The first-order chi connectivity index (χ1) is 10.0. The molecule has 1 aromatic heterocycles. The maximum atomic E-state index is 6.12. The topological polar surface area (TPSA) is 27.1 Å². The molecule has 21 heavy (non-hydrogen) atoms. The molecule has 0 aliphatic carbocycles. The molecule has 0 amide bonds. The fourth-order valence-corrected chi connectivity index (χ4v) is 2.65. The first kappa shape index (κ1) is 16.9. The van der Waals surface area contributed by atoms with E-state index >= 15 is 0 Å². The van der Waals surface area contributed by atoms with Crippen LogP contribution in [0.4, 0.5) is 0 Å². The van der Waals surface area contributed by atoms with Gasteiger partial charge in [0, 0.05) is 25.5 Å². The SMILES string of the molecule is CC(C)COCCn1c(CCCl)nc2cc(Cl)c(Cl)cc21. The first-order valence-corrected chi connectivity index (χ1v) is 8.29. The number of rotatable bonds is 7. The molecular weight excluding hydrogens is 331 g/mol. The van der Waals surface area contributed by atoms with E-state index in [1.54, 1.807) is 6.07 Å². The highest BCUT2D eigenvalue weighted by Crippen LogP contribution is 2.28. The van der Waals surface area contributed by atoms with Gasteiger partial charge in [0.2, 0.25) is 0 Å². The summed E-state index contributed by atoms with van der Waals surface area (Å²) in [5.74, 6) is 1.99. The maximum absolute atomic E-state index is 6.12. The Hall–Kier alpha value is -0.480. The third-order valence-electron chi connectivity index (χ3n) is 3.10. The Bertz CT molecular complexity index is 610. The summed E-state index contributed by atoms with van der Waals surface area (Å²) in [7, 11) is 0. The van der Waals surface area contributed by atoms with Gasteiger partial charge in [-0.15, -0.1) is 11.6 Å². The van der Waals surface area contributed by atoms with Crippen LogP contribution in [0.5, 0.6) is 0 Å². The van der Waals surface area contributed by atoms with Crippen LogP contribution < -0.4 is 0 Å². The summed E-state index contributed by atoms with van der Waals surface area (Å²) in [6, 6.07) is 3.65. The highest BCUT2D eigenvalue weighted by Gasteiger charge is 2.12. The first-order valence-electron chi connectivity index (χ1n) is 7.00. The van der Waals surface area contributed by atoms with E-state index in [0.717, 1.165) is 30.0 Å². The molecule has 0 N–H and O–H groups in total. The van der Waals surface area contributed by atoms with E-state index < -0.39 is 0 Å². The summed E-state index contributed by atoms with van der Waals surface area (Å²) < 4.78 is 7.78. The van der Waals surface area contributed by atoms with Crippen LogP contribution in [0.15, 0.2) is 12.1 Å². The summed E-state index contributed by atoms with van der Waals surface area (Å²) in [4.78, 5) is 4.60.